The minimum absolute atomic E-state index is 0.0507. The Morgan fingerprint density at radius 2 is 1.89 bits per heavy atom. The van der Waals surface area contributed by atoms with E-state index < -0.39 is 5.97 Å². The van der Waals surface area contributed by atoms with Crippen molar-refractivity contribution in [3.63, 3.8) is 0 Å². The van der Waals surface area contributed by atoms with Gasteiger partial charge in [-0.05, 0) is 24.6 Å². The zero-order valence-electron chi connectivity index (χ0n) is 9.83. The molecule has 0 atom stereocenters. The molecule has 2 rings (SSSR count). The van der Waals surface area contributed by atoms with E-state index in [1.54, 1.807) is 12.4 Å². The highest BCUT2D eigenvalue weighted by atomic mass is 32.2. The van der Waals surface area contributed by atoms with Crippen molar-refractivity contribution in [1.29, 1.82) is 0 Å². The lowest BCUT2D eigenvalue weighted by atomic mass is 10.2. The van der Waals surface area contributed by atoms with Crippen LogP contribution in [0.3, 0.4) is 0 Å². The minimum Gasteiger partial charge on any atom is -0.481 e. The highest BCUT2D eigenvalue weighted by Gasteiger charge is 2.04. The lowest BCUT2D eigenvalue weighted by Crippen LogP contribution is -1.99. The second-order valence-corrected chi connectivity index (χ2v) is 4.83. The van der Waals surface area contributed by atoms with E-state index in [9.17, 15) is 4.79 Å². The number of carboxylic acids is 1. The Balaban J connectivity index is 2.11. The van der Waals surface area contributed by atoms with E-state index in [1.807, 2.05) is 31.2 Å². The third kappa shape index (κ3) is 3.30. The number of aromatic nitrogens is 2. The molecule has 1 aromatic heterocycles. The number of benzene rings is 1. The fourth-order valence-corrected chi connectivity index (χ4v) is 2.27. The fourth-order valence-electron chi connectivity index (χ4n) is 1.46. The maximum absolute atomic E-state index is 10.6. The van der Waals surface area contributed by atoms with Crippen LogP contribution in [0, 0.1) is 6.92 Å². The van der Waals surface area contributed by atoms with Crippen molar-refractivity contribution in [3.8, 4) is 0 Å². The summed E-state index contributed by atoms with van der Waals surface area (Å²) in [4.78, 5) is 20.0. The van der Waals surface area contributed by atoms with Gasteiger partial charge in [-0.15, -0.1) is 0 Å². The average molecular weight is 260 g/mol. The van der Waals surface area contributed by atoms with Gasteiger partial charge in [-0.2, -0.15) is 0 Å². The Labute approximate surface area is 109 Å². The summed E-state index contributed by atoms with van der Waals surface area (Å²) >= 11 is 1.52. The van der Waals surface area contributed by atoms with Gasteiger partial charge in [0.2, 0.25) is 0 Å². The van der Waals surface area contributed by atoms with E-state index >= 15 is 0 Å². The summed E-state index contributed by atoms with van der Waals surface area (Å²) in [5, 5.41) is 9.55. The molecule has 0 saturated carbocycles. The van der Waals surface area contributed by atoms with E-state index in [-0.39, 0.29) is 6.42 Å². The highest BCUT2D eigenvalue weighted by Crippen LogP contribution is 2.27. The molecule has 5 heteroatoms. The van der Waals surface area contributed by atoms with E-state index in [2.05, 4.69) is 9.97 Å². The molecule has 0 spiro atoms. The number of aryl methyl sites for hydroxylation is 1. The van der Waals surface area contributed by atoms with Crippen molar-refractivity contribution >= 4 is 17.7 Å². The molecule has 92 valence electrons. The van der Waals surface area contributed by atoms with Gasteiger partial charge in [-0.3, -0.25) is 9.78 Å². The van der Waals surface area contributed by atoms with Crippen molar-refractivity contribution in [2.75, 3.05) is 0 Å². The summed E-state index contributed by atoms with van der Waals surface area (Å²) in [5.74, 6) is -0.819. The lowest BCUT2D eigenvalue weighted by molar-refractivity contribution is -0.136. The number of hydrogen-bond donors (Lipinski definition) is 1. The molecule has 0 aliphatic carbocycles. The van der Waals surface area contributed by atoms with Gasteiger partial charge in [0.05, 0.1) is 12.1 Å². The van der Waals surface area contributed by atoms with Crippen LogP contribution < -0.4 is 0 Å². The topological polar surface area (TPSA) is 63.1 Å². The van der Waals surface area contributed by atoms with Crippen LogP contribution in [0.15, 0.2) is 46.6 Å². The number of carbonyl (C=O) groups is 1. The highest BCUT2D eigenvalue weighted by molar-refractivity contribution is 7.99. The summed E-state index contributed by atoms with van der Waals surface area (Å²) in [6, 6.07) is 7.44. The molecule has 0 amide bonds. The summed E-state index contributed by atoms with van der Waals surface area (Å²) in [5.41, 5.74) is 1.68. The number of nitrogens with zero attached hydrogens (tertiary/aromatic N) is 2. The van der Waals surface area contributed by atoms with Crippen molar-refractivity contribution in [1.82, 2.24) is 9.97 Å². The first-order valence-corrected chi connectivity index (χ1v) is 6.23. The maximum atomic E-state index is 10.6. The van der Waals surface area contributed by atoms with Crippen molar-refractivity contribution in [3.05, 3.63) is 47.9 Å². The molecule has 2 aromatic rings. The molecule has 0 aliphatic heterocycles. The Morgan fingerprint density at radius 3 is 2.50 bits per heavy atom. The predicted molar refractivity (Wildman–Crippen MR) is 68.7 cm³/mol. The quantitative estimate of drug-likeness (QED) is 0.915. The maximum Gasteiger partial charge on any atom is 0.307 e. The molecule has 4 nitrogen and oxygen atoms in total. The van der Waals surface area contributed by atoms with Gasteiger partial charge in [-0.1, -0.05) is 23.9 Å². The second kappa shape index (κ2) is 5.64. The number of rotatable bonds is 4. The predicted octanol–water partition coefficient (Wildman–Crippen LogP) is 2.56. The molecule has 0 radical (unpaired) electrons. The smallest absolute Gasteiger partial charge is 0.307 e. The first-order valence-electron chi connectivity index (χ1n) is 5.41. The first kappa shape index (κ1) is 12.6. The minimum atomic E-state index is -0.819. The van der Waals surface area contributed by atoms with Crippen LogP contribution in [0.2, 0.25) is 0 Å². The zero-order valence-corrected chi connectivity index (χ0v) is 10.6. The summed E-state index contributed by atoms with van der Waals surface area (Å²) in [6.07, 6.45) is 3.37. The van der Waals surface area contributed by atoms with Gasteiger partial charge in [0.25, 0.3) is 0 Å². The third-order valence-electron chi connectivity index (χ3n) is 2.33. The molecule has 0 fully saturated rings. The molecule has 0 bridgehead atoms. The van der Waals surface area contributed by atoms with E-state index in [4.69, 9.17) is 5.11 Å². The van der Waals surface area contributed by atoms with Crippen molar-refractivity contribution in [2.24, 2.45) is 0 Å². The van der Waals surface area contributed by atoms with E-state index in [0.29, 0.717) is 0 Å². The number of hydrogen-bond acceptors (Lipinski definition) is 4. The number of aliphatic carboxylic acids is 1. The van der Waals surface area contributed by atoms with Crippen molar-refractivity contribution in [2.45, 2.75) is 23.3 Å². The van der Waals surface area contributed by atoms with Gasteiger partial charge >= 0.3 is 5.97 Å². The van der Waals surface area contributed by atoms with Crippen LogP contribution >= 0.6 is 11.8 Å². The van der Waals surface area contributed by atoms with Crippen molar-refractivity contribution < 1.29 is 9.90 Å². The summed E-state index contributed by atoms with van der Waals surface area (Å²) in [6.45, 7) is 1.91. The van der Waals surface area contributed by atoms with Gasteiger partial charge in [0.15, 0.2) is 0 Å². The SMILES string of the molecule is Cc1nccnc1Sc1ccc(CC(=O)O)cc1. The van der Waals surface area contributed by atoms with E-state index in [0.717, 1.165) is 21.2 Å². The van der Waals surface area contributed by atoms with E-state index in [1.165, 1.54) is 11.8 Å². The largest absolute Gasteiger partial charge is 0.481 e. The Hall–Kier alpha value is -1.88. The van der Waals surface area contributed by atoms with Gasteiger partial charge < -0.3 is 5.11 Å². The Bertz CT molecular complexity index is 555. The zero-order chi connectivity index (χ0) is 13.0. The Morgan fingerprint density at radius 1 is 1.22 bits per heavy atom. The first-order chi connectivity index (χ1) is 8.65. The molecular weight excluding hydrogens is 248 g/mol. The monoisotopic (exact) mass is 260 g/mol. The summed E-state index contributed by atoms with van der Waals surface area (Å²) in [7, 11) is 0. The second-order valence-electron chi connectivity index (χ2n) is 3.76. The molecule has 0 saturated heterocycles. The van der Waals surface area contributed by atoms with Gasteiger partial charge in [0.1, 0.15) is 5.03 Å². The Kier molecular flexibility index (Phi) is 3.94. The molecular formula is C13H12N2O2S. The van der Waals surface area contributed by atoms with Crippen LogP contribution in [0.5, 0.6) is 0 Å². The standard InChI is InChI=1S/C13H12N2O2S/c1-9-13(15-7-6-14-9)18-11-4-2-10(3-5-11)8-12(16)17/h2-7H,8H2,1H3,(H,16,17). The molecule has 1 N–H and O–H groups in total. The van der Waals surface area contributed by atoms with Gasteiger partial charge in [-0.25, -0.2) is 4.98 Å². The van der Waals surface area contributed by atoms with Gasteiger partial charge in [0, 0.05) is 17.3 Å². The molecule has 0 aliphatic rings. The fraction of sp³-hybridized carbons (Fsp3) is 0.154. The molecule has 0 unspecified atom stereocenters. The van der Waals surface area contributed by atoms with Crippen LogP contribution in [0.4, 0.5) is 0 Å². The average Bonchev–Trinajstić information content (AvgIpc) is 2.34. The molecule has 18 heavy (non-hydrogen) atoms. The molecule has 1 heterocycles. The normalized spacial score (nSPS) is 10.3. The molecule has 1 aromatic carbocycles. The lowest BCUT2D eigenvalue weighted by Gasteiger charge is -2.04. The van der Waals surface area contributed by atoms with Crippen LogP contribution in [0.1, 0.15) is 11.3 Å². The van der Waals surface area contributed by atoms with Crippen LogP contribution in [-0.4, -0.2) is 21.0 Å². The van der Waals surface area contributed by atoms with Crippen LogP contribution in [0.25, 0.3) is 0 Å². The number of carboxylic acid groups (broad SMARTS) is 1. The third-order valence-corrected chi connectivity index (χ3v) is 3.43. The summed E-state index contributed by atoms with van der Waals surface area (Å²) < 4.78 is 0. The van der Waals surface area contributed by atoms with Crippen LogP contribution in [-0.2, 0) is 11.2 Å².